The molecule has 5 nitrogen and oxygen atoms in total. The van der Waals surface area contributed by atoms with Gasteiger partial charge >= 0.3 is 4.45 Å². The van der Waals surface area contributed by atoms with Gasteiger partial charge < -0.3 is 5.11 Å². The van der Waals surface area contributed by atoms with E-state index >= 15 is 0 Å². The van der Waals surface area contributed by atoms with E-state index in [1.165, 1.54) is 6.08 Å². The first-order valence-electron chi connectivity index (χ1n) is 3.38. The first kappa shape index (κ1) is 10.1. The largest absolute Gasteiger partial charge is 0.380 e. The smallest absolute Gasteiger partial charge is 0.321 e. The summed E-state index contributed by atoms with van der Waals surface area (Å²) in [5.74, 6) is 0. The van der Waals surface area contributed by atoms with Gasteiger partial charge in [-0.15, -0.1) is 0 Å². The van der Waals surface area contributed by atoms with Gasteiger partial charge in [-0.2, -0.15) is 0 Å². The first-order chi connectivity index (χ1) is 6.00. The Morgan fingerprint density at radius 1 is 1.77 bits per heavy atom. The summed E-state index contributed by atoms with van der Waals surface area (Å²) in [5, 5.41) is 19.8. The Labute approximate surface area is 82.0 Å². The van der Waals surface area contributed by atoms with E-state index in [4.69, 9.17) is 0 Å². The number of aliphatic hydroxyl groups is 1. The van der Waals surface area contributed by atoms with Crippen LogP contribution < -0.4 is 0 Å². The Hall–Kier alpha value is -1.01. The molecule has 0 fully saturated rings. The number of hydrogen-bond acceptors (Lipinski definition) is 4. The Kier molecular flexibility index (Phi) is 2.63. The van der Waals surface area contributed by atoms with Gasteiger partial charge in [0.25, 0.3) is 0 Å². The number of nitrogens with zero attached hydrogens (tertiary/aromatic N) is 1. The van der Waals surface area contributed by atoms with Crippen LogP contribution in [0.3, 0.4) is 0 Å². The summed E-state index contributed by atoms with van der Waals surface area (Å²) in [6.07, 6.45) is 2.74. The fourth-order valence-electron chi connectivity index (χ4n) is 0.914. The second kappa shape index (κ2) is 3.39. The lowest BCUT2D eigenvalue weighted by molar-refractivity contribution is -0.531. The van der Waals surface area contributed by atoms with Crippen LogP contribution in [0.15, 0.2) is 23.8 Å². The molecule has 1 aliphatic carbocycles. The summed E-state index contributed by atoms with van der Waals surface area (Å²) in [4.78, 5) is 20.1. The van der Waals surface area contributed by atoms with Crippen molar-refractivity contribution < 1.29 is 14.8 Å². The second-order valence-corrected chi connectivity index (χ2v) is 3.82. The minimum Gasteiger partial charge on any atom is -0.380 e. The molecule has 2 unspecified atom stereocenters. The maximum atomic E-state index is 10.5. The molecule has 0 radical (unpaired) electrons. The standard InChI is InChI=1S/C7H6BrNO4/c8-7(9(12)13)2-1-5(4-10)3-6(7)11/h1-4,6,11H. The quantitative estimate of drug-likeness (QED) is 0.252. The van der Waals surface area contributed by atoms with E-state index in [2.05, 4.69) is 15.9 Å². The number of nitro groups is 1. The molecule has 0 amide bonds. The lowest BCUT2D eigenvalue weighted by Crippen LogP contribution is -2.42. The number of rotatable bonds is 2. The molecule has 1 N–H and O–H groups in total. The third kappa shape index (κ3) is 1.68. The zero-order valence-electron chi connectivity index (χ0n) is 6.38. The van der Waals surface area contributed by atoms with Crippen molar-refractivity contribution in [1.29, 1.82) is 0 Å². The highest BCUT2D eigenvalue weighted by Gasteiger charge is 2.45. The summed E-state index contributed by atoms with van der Waals surface area (Å²) in [6, 6.07) is 0. The van der Waals surface area contributed by atoms with E-state index < -0.39 is 15.5 Å². The van der Waals surface area contributed by atoms with E-state index in [1.807, 2.05) is 0 Å². The molecule has 6 heteroatoms. The molecule has 13 heavy (non-hydrogen) atoms. The van der Waals surface area contributed by atoms with Gasteiger partial charge in [0.1, 0.15) is 6.29 Å². The average molecular weight is 248 g/mol. The van der Waals surface area contributed by atoms with Gasteiger partial charge in [0.15, 0.2) is 6.10 Å². The second-order valence-electron chi connectivity index (χ2n) is 2.55. The van der Waals surface area contributed by atoms with Crippen LogP contribution in [-0.2, 0) is 4.79 Å². The molecule has 1 aliphatic rings. The van der Waals surface area contributed by atoms with Gasteiger partial charge in [-0.3, -0.25) is 14.9 Å². The van der Waals surface area contributed by atoms with E-state index in [0.29, 0.717) is 6.29 Å². The minimum atomic E-state index is -1.71. The van der Waals surface area contributed by atoms with Gasteiger partial charge in [-0.1, -0.05) is 0 Å². The molecule has 70 valence electrons. The van der Waals surface area contributed by atoms with Crippen LogP contribution in [0.2, 0.25) is 0 Å². The maximum absolute atomic E-state index is 10.5. The van der Waals surface area contributed by atoms with Crippen molar-refractivity contribution >= 4 is 22.2 Å². The first-order valence-corrected chi connectivity index (χ1v) is 4.17. The molecule has 0 bridgehead atoms. The number of hydrogen-bond donors (Lipinski definition) is 1. The molecule has 0 aromatic rings. The molecular weight excluding hydrogens is 242 g/mol. The van der Waals surface area contributed by atoms with Crippen LogP contribution >= 0.6 is 15.9 Å². The maximum Gasteiger partial charge on any atom is 0.321 e. The van der Waals surface area contributed by atoms with Crippen molar-refractivity contribution in [3.63, 3.8) is 0 Å². The van der Waals surface area contributed by atoms with E-state index in [1.54, 1.807) is 0 Å². The number of aliphatic hydroxyl groups excluding tert-OH is 1. The van der Waals surface area contributed by atoms with Crippen molar-refractivity contribution in [3.8, 4) is 0 Å². The number of halogens is 1. The molecule has 0 saturated heterocycles. The Bertz CT molecular complexity index is 312. The summed E-state index contributed by atoms with van der Waals surface area (Å²) in [7, 11) is 0. The Morgan fingerprint density at radius 2 is 2.38 bits per heavy atom. The third-order valence-electron chi connectivity index (χ3n) is 1.69. The van der Waals surface area contributed by atoms with E-state index in [0.717, 1.165) is 12.2 Å². The highest BCUT2D eigenvalue weighted by molar-refractivity contribution is 9.10. The highest BCUT2D eigenvalue weighted by atomic mass is 79.9. The minimum absolute atomic E-state index is 0.226. The van der Waals surface area contributed by atoms with Gasteiger partial charge in [-0.25, -0.2) is 0 Å². The number of allylic oxidation sites excluding steroid dienone is 2. The SMILES string of the molecule is O=CC1=CC(O)C(Br)([N+](=O)[O-])C=C1. The Balaban J connectivity index is 3.00. The van der Waals surface area contributed by atoms with Gasteiger partial charge in [0, 0.05) is 32.5 Å². The molecule has 0 heterocycles. The predicted octanol–water partition coefficient (Wildman–Crippen LogP) is 0.410. The average Bonchev–Trinajstić information content (AvgIpc) is 2.09. The molecule has 1 rings (SSSR count). The normalized spacial score (nSPS) is 32.5. The summed E-state index contributed by atoms with van der Waals surface area (Å²) in [5.41, 5.74) is 0.226. The van der Waals surface area contributed by atoms with Crippen LogP contribution in [0, 0.1) is 10.1 Å². The molecule has 0 spiro atoms. The fraction of sp³-hybridized carbons (Fsp3) is 0.286. The topological polar surface area (TPSA) is 80.4 Å². The molecular formula is C7H6BrNO4. The molecule has 0 aliphatic heterocycles. The number of carbonyl (C=O) groups excluding carboxylic acids is 1. The van der Waals surface area contributed by atoms with E-state index in [-0.39, 0.29) is 5.57 Å². The Morgan fingerprint density at radius 3 is 2.77 bits per heavy atom. The number of aldehydes is 1. The molecule has 0 aromatic heterocycles. The lowest BCUT2D eigenvalue weighted by Gasteiger charge is -2.21. The van der Waals surface area contributed by atoms with Crippen LogP contribution in [-0.4, -0.2) is 26.9 Å². The number of carbonyl (C=O) groups is 1. The van der Waals surface area contributed by atoms with Crippen molar-refractivity contribution in [1.82, 2.24) is 0 Å². The summed E-state index contributed by atoms with van der Waals surface area (Å²) in [6.45, 7) is 0. The molecule has 0 aromatic carbocycles. The van der Waals surface area contributed by atoms with E-state index in [9.17, 15) is 20.0 Å². The van der Waals surface area contributed by atoms with Crippen molar-refractivity contribution in [3.05, 3.63) is 33.9 Å². The van der Waals surface area contributed by atoms with Crippen molar-refractivity contribution in [2.75, 3.05) is 0 Å². The third-order valence-corrected chi connectivity index (χ3v) is 2.71. The van der Waals surface area contributed by atoms with Gasteiger partial charge in [0.2, 0.25) is 0 Å². The number of alkyl halides is 1. The summed E-state index contributed by atoms with van der Waals surface area (Å²) >= 11 is 2.79. The predicted molar refractivity (Wildman–Crippen MR) is 47.9 cm³/mol. The zero-order chi connectivity index (χ0) is 10.1. The lowest BCUT2D eigenvalue weighted by atomic mass is 10.0. The molecule has 2 atom stereocenters. The van der Waals surface area contributed by atoms with Crippen molar-refractivity contribution in [2.45, 2.75) is 10.6 Å². The van der Waals surface area contributed by atoms with Crippen molar-refractivity contribution in [2.24, 2.45) is 0 Å². The summed E-state index contributed by atoms with van der Waals surface area (Å²) < 4.78 is -1.71. The van der Waals surface area contributed by atoms with Gasteiger partial charge in [-0.05, 0) is 12.2 Å². The van der Waals surface area contributed by atoms with Gasteiger partial charge in [0.05, 0.1) is 0 Å². The molecule has 0 saturated carbocycles. The highest BCUT2D eigenvalue weighted by Crippen LogP contribution is 2.30. The fourth-order valence-corrected chi connectivity index (χ4v) is 1.18. The zero-order valence-corrected chi connectivity index (χ0v) is 7.97. The van der Waals surface area contributed by atoms with Crippen LogP contribution in [0.1, 0.15) is 0 Å². The van der Waals surface area contributed by atoms with Crippen LogP contribution in [0.5, 0.6) is 0 Å². The van der Waals surface area contributed by atoms with Crippen LogP contribution in [0.25, 0.3) is 0 Å². The van der Waals surface area contributed by atoms with Crippen LogP contribution in [0.4, 0.5) is 0 Å². The monoisotopic (exact) mass is 247 g/mol.